The standard InChI is InChI=1S/C12H17NO2.C11H15BrClO3PS/c1-8(2)10-5-9(3)6-11(7-10)15-12(14)13-4;1-3-7-18-17(14,15-4-2)16-11-6-5-9(12)8-10(11)13/h5-8H,1-4H3,(H,13,14);5-6,8H,3-4,7H2,1-2H3. The molecule has 6 nitrogen and oxygen atoms in total. The lowest BCUT2D eigenvalue weighted by Gasteiger charge is -2.18. The summed E-state index contributed by atoms with van der Waals surface area (Å²) in [5, 5.41) is 2.82. The average Bonchev–Trinajstić information content (AvgIpc) is 2.74. The molecular formula is C23H32BrClNO5PS. The molecule has 2 aromatic carbocycles. The van der Waals surface area contributed by atoms with E-state index in [1.165, 1.54) is 16.9 Å². The van der Waals surface area contributed by atoms with Gasteiger partial charge in [0.15, 0.2) is 0 Å². The lowest BCUT2D eigenvalue weighted by atomic mass is 10.0. The smallest absolute Gasteiger partial charge is 0.415 e. The normalized spacial score (nSPS) is 12.4. The van der Waals surface area contributed by atoms with Gasteiger partial charge in [-0.2, -0.15) is 0 Å². The summed E-state index contributed by atoms with van der Waals surface area (Å²) in [5.74, 6) is 2.11. The first kappa shape index (κ1) is 29.9. The van der Waals surface area contributed by atoms with Gasteiger partial charge in [0.2, 0.25) is 0 Å². The summed E-state index contributed by atoms with van der Waals surface area (Å²) in [6.07, 6.45) is 0.467. The summed E-state index contributed by atoms with van der Waals surface area (Å²) in [6, 6.07) is 11.0. The van der Waals surface area contributed by atoms with Crippen LogP contribution in [0.3, 0.4) is 0 Å². The molecule has 1 amide bonds. The summed E-state index contributed by atoms with van der Waals surface area (Å²) in [7, 11) is 1.54. The van der Waals surface area contributed by atoms with Crippen molar-refractivity contribution in [2.75, 3.05) is 19.4 Å². The van der Waals surface area contributed by atoms with Crippen molar-refractivity contribution in [2.45, 2.75) is 47.0 Å². The predicted octanol–water partition coefficient (Wildman–Crippen LogP) is 8.61. The number of carbonyl (C=O) groups excluding carboxylic acids is 1. The Morgan fingerprint density at radius 3 is 2.45 bits per heavy atom. The van der Waals surface area contributed by atoms with E-state index in [0.29, 0.717) is 34.8 Å². The van der Waals surface area contributed by atoms with Crippen LogP contribution in [0.25, 0.3) is 0 Å². The van der Waals surface area contributed by atoms with Crippen LogP contribution in [-0.4, -0.2) is 25.5 Å². The van der Waals surface area contributed by atoms with E-state index < -0.39 is 12.9 Å². The number of ether oxygens (including phenoxy) is 1. The fraction of sp³-hybridized carbons (Fsp3) is 0.435. The molecule has 1 N–H and O–H groups in total. The number of aryl methyl sites for hydroxylation is 1. The number of rotatable bonds is 9. The molecule has 0 aliphatic rings. The number of benzene rings is 2. The third kappa shape index (κ3) is 11.2. The Hall–Kier alpha value is -1.18. The fourth-order valence-electron chi connectivity index (χ4n) is 2.45. The first-order valence-electron chi connectivity index (χ1n) is 10.6. The number of hydrogen-bond acceptors (Lipinski definition) is 6. The van der Waals surface area contributed by atoms with Crippen molar-refractivity contribution < 1.29 is 23.1 Å². The van der Waals surface area contributed by atoms with Crippen molar-refractivity contribution in [1.82, 2.24) is 5.32 Å². The molecule has 2 aromatic rings. The Balaban J connectivity index is 0.000000335. The van der Waals surface area contributed by atoms with Crippen molar-refractivity contribution in [3.8, 4) is 11.5 Å². The van der Waals surface area contributed by atoms with E-state index in [-0.39, 0.29) is 0 Å². The van der Waals surface area contributed by atoms with Crippen LogP contribution < -0.4 is 14.6 Å². The summed E-state index contributed by atoms with van der Waals surface area (Å²) in [6.45, 7) is 7.15. The molecule has 0 heterocycles. The van der Waals surface area contributed by atoms with Crippen molar-refractivity contribution in [3.05, 3.63) is 57.0 Å². The van der Waals surface area contributed by atoms with Gasteiger partial charge >= 0.3 is 12.9 Å². The van der Waals surface area contributed by atoms with Gasteiger partial charge in [0.25, 0.3) is 0 Å². The molecule has 0 aliphatic heterocycles. The molecule has 0 saturated heterocycles. The van der Waals surface area contributed by atoms with E-state index in [1.807, 2.05) is 26.0 Å². The van der Waals surface area contributed by atoms with Gasteiger partial charge in [-0.1, -0.05) is 54.4 Å². The topological polar surface area (TPSA) is 73.9 Å². The molecule has 2 rings (SSSR count). The number of hydrogen-bond donors (Lipinski definition) is 1. The summed E-state index contributed by atoms with van der Waals surface area (Å²) in [5.41, 5.74) is 2.27. The van der Waals surface area contributed by atoms with Gasteiger partial charge in [0.05, 0.1) is 11.6 Å². The Bertz CT molecular complexity index is 960. The van der Waals surface area contributed by atoms with Gasteiger partial charge in [-0.15, -0.1) is 0 Å². The largest absolute Gasteiger partial charge is 0.440 e. The Morgan fingerprint density at radius 2 is 1.91 bits per heavy atom. The zero-order valence-corrected chi connectivity index (χ0v) is 23.9. The van der Waals surface area contributed by atoms with Crippen LogP contribution in [0.2, 0.25) is 5.02 Å². The predicted molar refractivity (Wildman–Crippen MR) is 142 cm³/mol. The Morgan fingerprint density at radius 1 is 1.21 bits per heavy atom. The van der Waals surface area contributed by atoms with Crippen molar-refractivity contribution in [2.24, 2.45) is 0 Å². The van der Waals surface area contributed by atoms with Crippen molar-refractivity contribution in [1.29, 1.82) is 0 Å². The van der Waals surface area contributed by atoms with Gasteiger partial charge in [-0.05, 0) is 79.0 Å². The molecular weight excluding hydrogens is 549 g/mol. The summed E-state index contributed by atoms with van der Waals surface area (Å²) >= 11 is 10.5. The molecule has 0 aromatic heterocycles. The quantitative estimate of drug-likeness (QED) is 0.299. The Labute approximate surface area is 214 Å². The van der Waals surface area contributed by atoms with Crippen LogP contribution in [0, 0.1) is 6.92 Å². The van der Waals surface area contributed by atoms with E-state index in [2.05, 4.69) is 41.2 Å². The second-order valence-electron chi connectivity index (χ2n) is 7.24. The number of amides is 1. The van der Waals surface area contributed by atoms with Crippen molar-refractivity contribution >= 4 is 51.8 Å². The van der Waals surface area contributed by atoms with Gasteiger partial charge in [0.1, 0.15) is 11.5 Å². The molecule has 10 heteroatoms. The molecule has 0 spiro atoms. The maximum Gasteiger partial charge on any atom is 0.440 e. The second-order valence-corrected chi connectivity index (χ2v) is 12.7. The number of halogens is 2. The van der Waals surface area contributed by atoms with Gasteiger partial charge in [-0.25, -0.2) is 9.36 Å². The highest BCUT2D eigenvalue weighted by atomic mass is 79.9. The molecule has 1 atom stereocenters. The molecule has 184 valence electrons. The highest BCUT2D eigenvalue weighted by Crippen LogP contribution is 2.60. The minimum Gasteiger partial charge on any atom is -0.415 e. The lowest BCUT2D eigenvalue weighted by Crippen LogP contribution is -2.22. The van der Waals surface area contributed by atoms with E-state index in [4.69, 9.17) is 25.4 Å². The monoisotopic (exact) mass is 579 g/mol. The zero-order valence-electron chi connectivity index (χ0n) is 19.8. The number of carbonyl (C=O) groups is 1. The molecule has 1 unspecified atom stereocenters. The molecule has 0 saturated carbocycles. The van der Waals surface area contributed by atoms with Crippen molar-refractivity contribution in [3.63, 3.8) is 0 Å². The van der Waals surface area contributed by atoms with E-state index >= 15 is 0 Å². The summed E-state index contributed by atoms with van der Waals surface area (Å²) in [4.78, 5) is 11.0. The summed E-state index contributed by atoms with van der Waals surface area (Å²) < 4.78 is 29.1. The van der Waals surface area contributed by atoms with Crippen LogP contribution in [0.1, 0.15) is 51.2 Å². The third-order valence-corrected chi connectivity index (χ3v) is 8.73. The minimum absolute atomic E-state index is 0.335. The first-order chi connectivity index (χ1) is 15.5. The van der Waals surface area contributed by atoms with Crippen LogP contribution >= 0.6 is 45.7 Å². The van der Waals surface area contributed by atoms with Gasteiger partial charge < -0.3 is 14.6 Å². The molecule has 0 radical (unpaired) electrons. The number of nitrogens with one attached hydrogen (secondary N) is 1. The lowest BCUT2D eigenvalue weighted by molar-refractivity contribution is 0.203. The highest BCUT2D eigenvalue weighted by Gasteiger charge is 2.27. The van der Waals surface area contributed by atoms with E-state index in [1.54, 1.807) is 32.2 Å². The van der Waals surface area contributed by atoms with Crippen LogP contribution in [0.4, 0.5) is 4.79 Å². The first-order valence-corrected chi connectivity index (χ1v) is 14.9. The van der Waals surface area contributed by atoms with Gasteiger partial charge in [-0.3, -0.25) is 4.52 Å². The van der Waals surface area contributed by atoms with Crippen LogP contribution in [0.5, 0.6) is 11.5 Å². The molecule has 0 aliphatic carbocycles. The fourth-order valence-corrected chi connectivity index (χ4v) is 6.67. The maximum atomic E-state index is 12.4. The zero-order chi connectivity index (χ0) is 25.0. The highest BCUT2D eigenvalue weighted by molar-refractivity contribution is 9.10. The van der Waals surface area contributed by atoms with E-state index in [0.717, 1.165) is 16.5 Å². The Kier molecular flexibility index (Phi) is 13.5. The van der Waals surface area contributed by atoms with Crippen LogP contribution in [0.15, 0.2) is 40.9 Å². The second kappa shape index (κ2) is 14.9. The van der Waals surface area contributed by atoms with E-state index in [9.17, 15) is 9.36 Å². The van der Waals surface area contributed by atoms with Gasteiger partial charge in [0, 0.05) is 17.3 Å². The minimum atomic E-state index is -3.18. The molecule has 33 heavy (non-hydrogen) atoms. The maximum absolute atomic E-state index is 12.4. The van der Waals surface area contributed by atoms with Crippen LogP contribution in [-0.2, 0) is 9.09 Å². The SMILES string of the molecule is CCCSP(=O)(OCC)Oc1ccc(Br)cc1Cl.CNC(=O)Oc1cc(C)cc(C(C)C)c1. The molecule has 0 fully saturated rings. The molecule has 0 bridgehead atoms. The average molecular weight is 581 g/mol. The third-order valence-electron chi connectivity index (χ3n) is 4.00.